The monoisotopic (exact) mass is 984 g/mol. The van der Waals surface area contributed by atoms with Gasteiger partial charge in [-0.05, 0) is 47.7 Å². The topological polar surface area (TPSA) is 251 Å². The molecule has 0 bridgehead atoms. The van der Waals surface area contributed by atoms with Gasteiger partial charge in [-0.25, -0.2) is 14.6 Å². The van der Waals surface area contributed by atoms with E-state index in [0.717, 1.165) is 5.82 Å². The fourth-order valence-corrected chi connectivity index (χ4v) is 2.81. The van der Waals surface area contributed by atoms with E-state index in [4.69, 9.17) is 0 Å². The van der Waals surface area contributed by atoms with Gasteiger partial charge in [-0.2, -0.15) is 30.0 Å². The average Bonchev–Trinajstić information content (AvgIpc) is 4.23. The standard InChI is InChI=1S/C5H7N.2C4H6N2.2C3H6N4.4C3H5N3.7C2H6/c1-6-4-2-3-5-6;1-6-3-2-5-4-6;1-6-4-2-3-5-6;1-3-4-5-6-7(3)2;1-3-4-6-7(2)5-3;1-6-2-4-5-3-6;1-6-3-4-2-5-6;1-6-3-2-4-5-6;1-6-4-2-3-5-6;7*1-2/h2-5H,1H3;2*2-4H,1H3;2*1-2H3;4*2-3H,1H3;7*1-2H3. The van der Waals surface area contributed by atoms with Crippen molar-refractivity contribution in [3.8, 4) is 0 Å². The first-order valence-corrected chi connectivity index (χ1v) is 23.3. The summed E-state index contributed by atoms with van der Waals surface area (Å²) >= 11 is 0. The zero-order chi connectivity index (χ0) is 55.4. The first-order valence-electron chi connectivity index (χ1n) is 23.3. The number of tetrazole rings is 2. The van der Waals surface area contributed by atoms with Crippen LogP contribution in [0.3, 0.4) is 0 Å². The number of rotatable bonds is 0. The van der Waals surface area contributed by atoms with Crippen LogP contribution in [0.2, 0.25) is 0 Å². The lowest BCUT2D eigenvalue weighted by molar-refractivity contribution is 0.629. The van der Waals surface area contributed by atoms with E-state index in [1.807, 2.05) is 198 Å². The molecule has 0 atom stereocenters. The molecule has 9 rings (SSSR count). The van der Waals surface area contributed by atoms with Gasteiger partial charge in [0.15, 0.2) is 5.82 Å². The van der Waals surface area contributed by atoms with Crippen LogP contribution in [-0.2, 0) is 63.4 Å². The Labute approximate surface area is 420 Å². The first kappa shape index (κ1) is 76.6. The summed E-state index contributed by atoms with van der Waals surface area (Å²) < 4.78 is 12.3. The van der Waals surface area contributed by atoms with Crippen molar-refractivity contribution in [2.24, 2.45) is 63.4 Å². The molecular formula is C45H93N25. The molecule has 0 N–H and O–H groups in total. The maximum atomic E-state index is 3.83. The van der Waals surface area contributed by atoms with Crippen molar-refractivity contribution >= 4 is 0 Å². The molecule has 0 saturated heterocycles. The molecule has 9 heterocycles. The van der Waals surface area contributed by atoms with E-state index >= 15 is 0 Å². The lowest BCUT2D eigenvalue weighted by atomic mass is 10.7. The SMILES string of the molecule is CC.CC.CC.CC.CC.CC.CC.Cc1nnn(C)n1.Cc1nnnn1C.Cn1cccc1.Cn1cccn1.Cn1ccnc1.Cn1ccnn1.Cn1cncn1.Cn1cnnc1.Cn1nccn1. The molecule has 0 radical (unpaired) electrons. The third-order valence-electron chi connectivity index (χ3n) is 5.61. The third kappa shape index (κ3) is 58.4. The van der Waals surface area contributed by atoms with Gasteiger partial charge in [0.05, 0.1) is 32.0 Å². The van der Waals surface area contributed by atoms with Crippen LogP contribution in [0.25, 0.3) is 0 Å². The zero-order valence-corrected chi connectivity index (χ0v) is 47.6. The molecule has 0 aromatic carbocycles. The minimum atomic E-state index is 0.711. The summed E-state index contributed by atoms with van der Waals surface area (Å²) in [6.07, 6.45) is 26.1. The maximum absolute atomic E-state index is 3.83. The second-order valence-electron chi connectivity index (χ2n) is 10.7. The van der Waals surface area contributed by atoms with Gasteiger partial charge in [-0.3, -0.25) is 14.0 Å². The van der Waals surface area contributed by atoms with E-state index in [1.165, 1.54) is 15.9 Å². The average molecular weight is 984 g/mol. The predicted molar refractivity (Wildman–Crippen MR) is 282 cm³/mol. The molecule has 0 aliphatic rings. The van der Waals surface area contributed by atoms with Gasteiger partial charge in [0, 0.05) is 99.8 Å². The van der Waals surface area contributed by atoms with Gasteiger partial charge >= 0.3 is 0 Å². The second-order valence-corrected chi connectivity index (χ2v) is 10.7. The fraction of sp³-hybridized carbons (Fsp3) is 0.556. The molecule has 0 spiro atoms. The van der Waals surface area contributed by atoms with Gasteiger partial charge in [-0.15, -0.1) is 30.6 Å². The summed E-state index contributed by atoms with van der Waals surface area (Å²) in [5.41, 5.74) is 0. The van der Waals surface area contributed by atoms with Crippen molar-refractivity contribution in [2.45, 2.75) is 111 Å². The number of aromatic nitrogens is 25. The van der Waals surface area contributed by atoms with Crippen molar-refractivity contribution in [3.63, 3.8) is 0 Å². The Bertz CT molecular complexity index is 1700. The number of nitrogens with zero attached hydrogens (tertiary/aromatic N) is 25. The fourth-order valence-electron chi connectivity index (χ4n) is 2.81. The molecule has 9 aromatic rings. The summed E-state index contributed by atoms with van der Waals surface area (Å²) in [5.74, 6) is 1.54. The highest BCUT2D eigenvalue weighted by molar-refractivity contribution is 4.88. The van der Waals surface area contributed by atoms with Crippen molar-refractivity contribution in [3.05, 3.63) is 123 Å². The Balaban J connectivity index is -0.000000124. The minimum Gasteiger partial charge on any atom is -0.357 e. The van der Waals surface area contributed by atoms with E-state index in [0.29, 0.717) is 5.82 Å². The van der Waals surface area contributed by atoms with Crippen LogP contribution >= 0.6 is 0 Å². The van der Waals surface area contributed by atoms with E-state index in [1.54, 1.807) is 114 Å². The quantitative estimate of drug-likeness (QED) is 0.144. The highest BCUT2D eigenvalue weighted by atomic mass is 15.6. The normalized spacial score (nSPS) is 7.79. The zero-order valence-electron chi connectivity index (χ0n) is 47.6. The second kappa shape index (κ2) is 63.5. The Morgan fingerprint density at radius 1 is 0.371 bits per heavy atom. The smallest absolute Gasteiger partial charge is 0.171 e. The molecule has 9 aromatic heterocycles. The molecule has 70 heavy (non-hydrogen) atoms. The molecule has 398 valence electrons. The van der Waals surface area contributed by atoms with Crippen molar-refractivity contribution in [1.29, 1.82) is 0 Å². The molecule has 0 fully saturated rings. The largest absolute Gasteiger partial charge is 0.357 e. The summed E-state index contributed by atoms with van der Waals surface area (Å²) in [6, 6.07) is 5.89. The van der Waals surface area contributed by atoms with E-state index in [9.17, 15) is 0 Å². The number of imidazole rings is 1. The van der Waals surface area contributed by atoms with E-state index in [2.05, 4.69) is 81.8 Å². The summed E-state index contributed by atoms with van der Waals surface area (Å²) in [6.45, 7) is 31.6. The van der Waals surface area contributed by atoms with E-state index < -0.39 is 0 Å². The van der Waals surface area contributed by atoms with Gasteiger partial charge in [0.25, 0.3) is 0 Å². The van der Waals surface area contributed by atoms with Crippen molar-refractivity contribution in [2.75, 3.05) is 0 Å². The van der Waals surface area contributed by atoms with Crippen LogP contribution in [0.15, 0.2) is 112 Å². The summed E-state index contributed by atoms with van der Waals surface area (Å²) in [4.78, 5) is 10.4. The number of aryl methyl sites for hydroxylation is 11. The Morgan fingerprint density at radius 2 is 0.929 bits per heavy atom. The van der Waals surface area contributed by atoms with Crippen molar-refractivity contribution < 1.29 is 0 Å². The molecule has 25 nitrogen and oxygen atoms in total. The van der Waals surface area contributed by atoms with Crippen LogP contribution in [-0.4, -0.2) is 124 Å². The Morgan fingerprint density at radius 3 is 1.06 bits per heavy atom. The highest BCUT2D eigenvalue weighted by Gasteiger charge is 1.88. The van der Waals surface area contributed by atoms with Gasteiger partial charge < -0.3 is 13.7 Å². The molecule has 0 saturated carbocycles. The number of hydrogen-bond donors (Lipinski definition) is 0. The van der Waals surface area contributed by atoms with Gasteiger partial charge in [0.2, 0.25) is 0 Å². The third-order valence-corrected chi connectivity index (χ3v) is 5.61. The lowest BCUT2D eigenvalue weighted by Crippen LogP contribution is -1.92. The molecule has 0 aliphatic heterocycles. The van der Waals surface area contributed by atoms with Crippen LogP contribution in [0.5, 0.6) is 0 Å². The van der Waals surface area contributed by atoms with Gasteiger partial charge in [-0.1, -0.05) is 102 Å². The van der Waals surface area contributed by atoms with Gasteiger partial charge in [0.1, 0.15) is 31.1 Å². The first-order chi connectivity index (χ1) is 33.8. The number of hydrogen-bond acceptors (Lipinski definition) is 16. The summed E-state index contributed by atoms with van der Waals surface area (Å²) in [7, 11) is 16.7. The molecule has 0 aliphatic carbocycles. The molecule has 0 amide bonds. The van der Waals surface area contributed by atoms with Crippen LogP contribution < -0.4 is 0 Å². The van der Waals surface area contributed by atoms with Crippen LogP contribution in [0, 0.1) is 13.8 Å². The van der Waals surface area contributed by atoms with E-state index in [-0.39, 0.29) is 0 Å². The van der Waals surface area contributed by atoms with Crippen LogP contribution in [0.4, 0.5) is 0 Å². The molecular weight excluding hydrogens is 891 g/mol. The predicted octanol–water partition coefficient (Wildman–Crippen LogP) is 7.35. The Hall–Kier alpha value is -7.60. The maximum Gasteiger partial charge on any atom is 0.171 e. The summed E-state index contributed by atoms with van der Waals surface area (Å²) in [5, 5.41) is 50.8. The lowest BCUT2D eigenvalue weighted by Gasteiger charge is -1.81. The van der Waals surface area contributed by atoms with Crippen LogP contribution in [0.1, 0.15) is 109 Å². The Kier molecular flexibility index (Phi) is 69.5. The molecule has 25 heteroatoms. The molecule has 0 unspecified atom stereocenters. The minimum absolute atomic E-state index is 0.711. The highest BCUT2D eigenvalue weighted by Crippen LogP contribution is 1.81. The van der Waals surface area contributed by atoms with Crippen molar-refractivity contribution in [1.82, 2.24) is 124 Å².